The third-order valence-corrected chi connectivity index (χ3v) is 3.96. The standard InChI is InChI=1S/C17H23N7O4/c1-4-19-15(18)5-6-20-16(25)13-7-11(9-22(13)2)21-17(26)14-8-12(24(27)28)10-23(14)3/h7-10H,4-6H2,1-3H3,(H2,18,19)(H,20,25)(H,21,26). The van der Waals surface area contributed by atoms with E-state index in [1.165, 1.54) is 22.9 Å². The summed E-state index contributed by atoms with van der Waals surface area (Å²) in [6, 6.07) is 2.71. The van der Waals surface area contributed by atoms with Crippen LogP contribution in [0, 0.1) is 10.1 Å². The normalized spacial score (nSPS) is 11.3. The Morgan fingerprint density at radius 3 is 2.43 bits per heavy atom. The molecule has 0 saturated heterocycles. The van der Waals surface area contributed by atoms with Crippen LogP contribution in [-0.4, -0.2) is 44.8 Å². The number of carbonyl (C=O) groups is 2. The highest BCUT2D eigenvalue weighted by Gasteiger charge is 2.19. The van der Waals surface area contributed by atoms with Crippen molar-refractivity contribution in [2.24, 2.45) is 24.8 Å². The minimum absolute atomic E-state index is 0.132. The van der Waals surface area contributed by atoms with Crippen LogP contribution in [0.1, 0.15) is 34.3 Å². The van der Waals surface area contributed by atoms with Gasteiger partial charge in [0.15, 0.2) is 0 Å². The molecule has 0 radical (unpaired) electrons. The highest BCUT2D eigenvalue weighted by molar-refractivity contribution is 6.04. The van der Waals surface area contributed by atoms with E-state index in [1.54, 1.807) is 24.9 Å². The summed E-state index contributed by atoms with van der Waals surface area (Å²) in [6.07, 6.45) is 3.28. The fourth-order valence-electron chi connectivity index (χ4n) is 2.60. The number of nitrogens with zero attached hydrogens (tertiary/aromatic N) is 4. The molecule has 11 heteroatoms. The Balaban J connectivity index is 2.03. The van der Waals surface area contributed by atoms with Crippen LogP contribution >= 0.6 is 0 Å². The van der Waals surface area contributed by atoms with Crippen LogP contribution in [-0.2, 0) is 14.1 Å². The maximum atomic E-state index is 12.4. The van der Waals surface area contributed by atoms with Crippen molar-refractivity contribution in [2.75, 3.05) is 18.4 Å². The number of anilines is 1. The Bertz CT molecular complexity index is 926. The lowest BCUT2D eigenvalue weighted by atomic mass is 10.3. The number of hydrogen-bond donors (Lipinski definition) is 3. The number of aromatic nitrogens is 2. The summed E-state index contributed by atoms with van der Waals surface area (Å²) in [7, 11) is 3.21. The summed E-state index contributed by atoms with van der Waals surface area (Å²) in [5.41, 5.74) is 6.39. The monoisotopic (exact) mass is 389 g/mol. The lowest BCUT2D eigenvalue weighted by Crippen LogP contribution is -2.29. The molecule has 0 fully saturated rings. The first-order valence-electron chi connectivity index (χ1n) is 8.58. The molecule has 0 bridgehead atoms. The zero-order chi connectivity index (χ0) is 20.8. The van der Waals surface area contributed by atoms with Gasteiger partial charge in [0.25, 0.3) is 17.5 Å². The second-order valence-corrected chi connectivity index (χ2v) is 6.10. The summed E-state index contributed by atoms with van der Waals surface area (Å²) in [5.74, 6) is -0.363. The zero-order valence-electron chi connectivity index (χ0n) is 15.9. The van der Waals surface area contributed by atoms with Gasteiger partial charge in [-0.1, -0.05) is 0 Å². The highest BCUT2D eigenvalue weighted by Crippen LogP contribution is 2.18. The summed E-state index contributed by atoms with van der Waals surface area (Å²) < 4.78 is 2.94. The van der Waals surface area contributed by atoms with Crippen molar-refractivity contribution in [3.8, 4) is 0 Å². The number of nitrogens with one attached hydrogen (secondary N) is 2. The molecule has 0 aliphatic carbocycles. The Morgan fingerprint density at radius 2 is 1.82 bits per heavy atom. The number of amides is 2. The fraction of sp³-hybridized carbons (Fsp3) is 0.353. The van der Waals surface area contributed by atoms with Gasteiger partial charge in [0.1, 0.15) is 11.4 Å². The van der Waals surface area contributed by atoms with E-state index in [1.807, 2.05) is 6.92 Å². The molecule has 4 N–H and O–H groups in total. The van der Waals surface area contributed by atoms with E-state index < -0.39 is 10.8 Å². The average molecular weight is 389 g/mol. The van der Waals surface area contributed by atoms with Gasteiger partial charge in [-0.05, 0) is 13.0 Å². The molecule has 2 rings (SSSR count). The van der Waals surface area contributed by atoms with Gasteiger partial charge >= 0.3 is 0 Å². The first-order chi connectivity index (χ1) is 13.2. The van der Waals surface area contributed by atoms with E-state index in [2.05, 4.69) is 15.6 Å². The SMILES string of the molecule is CCN=C(N)CCNC(=O)c1cc(NC(=O)c2cc([N+](=O)[O-])cn2C)cn1C. The van der Waals surface area contributed by atoms with Gasteiger partial charge in [0.05, 0.1) is 22.6 Å². The van der Waals surface area contributed by atoms with Crippen molar-refractivity contribution in [1.82, 2.24) is 14.5 Å². The quantitative estimate of drug-likeness (QED) is 0.267. The predicted molar refractivity (Wildman–Crippen MR) is 105 cm³/mol. The number of amidine groups is 1. The zero-order valence-corrected chi connectivity index (χ0v) is 15.9. The molecule has 0 aromatic carbocycles. The highest BCUT2D eigenvalue weighted by atomic mass is 16.6. The van der Waals surface area contributed by atoms with E-state index in [0.29, 0.717) is 36.7 Å². The van der Waals surface area contributed by atoms with Crippen molar-refractivity contribution in [2.45, 2.75) is 13.3 Å². The molecule has 0 unspecified atom stereocenters. The Morgan fingerprint density at radius 1 is 1.18 bits per heavy atom. The maximum absolute atomic E-state index is 12.4. The second kappa shape index (κ2) is 8.84. The number of aryl methyl sites for hydroxylation is 2. The molecule has 0 spiro atoms. The minimum atomic E-state index is -0.570. The molecule has 0 aliphatic rings. The van der Waals surface area contributed by atoms with Gasteiger partial charge in [0, 0.05) is 45.9 Å². The van der Waals surface area contributed by atoms with Crippen molar-refractivity contribution in [3.05, 3.63) is 46.0 Å². The van der Waals surface area contributed by atoms with Gasteiger partial charge in [-0.25, -0.2) is 0 Å². The van der Waals surface area contributed by atoms with Gasteiger partial charge in [-0.2, -0.15) is 0 Å². The summed E-state index contributed by atoms with van der Waals surface area (Å²) in [5, 5.41) is 16.2. The first kappa shape index (κ1) is 20.7. The lowest BCUT2D eigenvalue weighted by Gasteiger charge is -2.05. The van der Waals surface area contributed by atoms with Crippen molar-refractivity contribution in [1.29, 1.82) is 0 Å². The maximum Gasteiger partial charge on any atom is 0.287 e. The van der Waals surface area contributed by atoms with E-state index in [9.17, 15) is 19.7 Å². The number of hydrogen-bond acceptors (Lipinski definition) is 5. The van der Waals surface area contributed by atoms with Crippen LogP contribution in [0.2, 0.25) is 0 Å². The minimum Gasteiger partial charge on any atom is -0.387 e. The van der Waals surface area contributed by atoms with Gasteiger partial charge in [-0.3, -0.25) is 24.7 Å². The van der Waals surface area contributed by atoms with Crippen molar-refractivity contribution < 1.29 is 14.5 Å². The lowest BCUT2D eigenvalue weighted by molar-refractivity contribution is -0.384. The Kier molecular flexibility index (Phi) is 6.53. The topological polar surface area (TPSA) is 150 Å². The van der Waals surface area contributed by atoms with Gasteiger partial charge in [-0.15, -0.1) is 0 Å². The molecule has 2 heterocycles. The van der Waals surface area contributed by atoms with E-state index in [-0.39, 0.29) is 17.3 Å². The Labute approximate surface area is 161 Å². The van der Waals surface area contributed by atoms with E-state index in [0.717, 1.165) is 0 Å². The molecular formula is C17H23N7O4. The van der Waals surface area contributed by atoms with E-state index >= 15 is 0 Å². The molecular weight excluding hydrogens is 366 g/mol. The number of nitrogens with two attached hydrogens (primary N) is 1. The number of rotatable bonds is 8. The molecule has 28 heavy (non-hydrogen) atoms. The van der Waals surface area contributed by atoms with Crippen molar-refractivity contribution >= 4 is 29.0 Å². The number of carbonyl (C=O) groups excluding carboxylic acids is 2. The van der Waals surface area contributed by atoms with Crippen LogP contribution in [0.25, 0.3) is 0 Å². The molecule has 0 atom stereocenters. The van der Waals surface area contributed by atoms with Crippen LogP contribution < -0.4 is 16.4 Å². The van der Waals surface area contributed by atoms with Crippen LogP contribution in [0.3, 0.4) is 0 Å². The third kappa shape index (κ3) is 4.96. The van der Waals surface area contributed by atoms with Crippen LogP contribution in [0.4, 0.5) is 11.4 Å². The Hall–Kier alpha value is -3.63. The molecule has 2 aromatic rings. The predicted octanol–water partition coefficient (Wildman–Crippen LogP) is 1.02. The first-order valence-corrected chi connectivity index (χ1v) is 8.58. The van der Waals surface area contributed by atoms with E-state index in [4.69, 9.17) is 5.73 Å². The largest absolute Gasteiger partial charge is 0.387 e. The third-order valence-electron chi connectivity index (χ3n) is 3.96. The summed E-state index contributed by atoms with van der Waals surface area (Å²) in [4.78, 5) is 39.0. The van der Waals surface area contributed by atoms with Crippen molar-refractivity contribution in [3.63, 3.8) is 0 Å². The number of nitro groups is 1. The second-order valence-electron chi connectivity index (χ2n) is 6.10. The van der Waals surface area contributed by atoms with Gasteiger partial charge in [0.2, 0.25) is 0 Å². The summed E-state index contributed by atoms with van der Waals surface area (Å²) in [6.45, 7) is 2.80. The molecule has 0 saturated carbocycles. The smallest absolute Gasteiger partial charge is 0.287 e. The fourth-order valence-corrected chi connectivity index (χ4v) is 2.60. The molecule has 0 aliphatic heterocycles. The molecule has 2 aromatic heterocycles. The number of aliphatic imine (C=N–C) groups is 1. The molecule has 11 nitrogen and oxygen atoms in total. The molecule has 2 amide bonds. The molecule has 150 valence electrons. The van der Waals surface area contributed by atoms with Crippen LogP contribution in [0.5, 0.6) is 0 Å². The summed E-state index contributed by atoms with van der Waals surface area (Å²) >= 11 is 0. The average Bonchev–Trinajstić information content (AvgIpc) is 3.18. The van der Waals surface area contributed by atoms with Crippen LogP contribution in [0.15, 0.2) is 29.5 Å². The van der Waals surface area contributed by atoms with Gasteiger partial charge < -0.3 is 25.5 Å².